The van der Waals surface area contributed by atoms with E-state index in [1.807, 2.05) is 6.07 Å². The van der Waals surface area contributed by atoms with Crippen LogP contribution in [0.15, 0.2) is 41.6 Å². The quantitative estimate of drug-likeness (QED) is 0.534. The van der Waals surface area contributed by atoms with Gasteiger partial charge in [-0.25, -0.2) is 4.98 Å². The van der Waals surface area contributed by atoms with Gasteiger partial charge in [-0.2, -0.15) is 0 Å². The van der Waals surface area contributed by atoms with Crippen molar-refractivity contribution in [2.45, 2.75) is 58.9 Å². The molecule has 1 aromatic rings. The number of esters is 1. The normalized spacial score (nSPS) is 28.5. The van der Waals surface area contributed by atoms with E-state index < -0.39 is 5.54 Å². The Morgan fingerprint density at radius 1 is 1.41 bits per heavy atom. The average Bonchev–Trinajstić information content (AvgIpc) is 2.87. The predicted octanol–water partition coefficient (Wildman–Crippen LogP) is 4.08. The highest BCUT2D eigenvalue weighted by Crippen LogP contribution is 2.54. The third kappa shape index (κ3) is 4.46. The number of hydrogen-bond acceptors (Lipinski definition) is 5. The van der Waals surface area contributed by atoms with Crippen molar-refractivity contribution in [3.8, 4) is 5.88 Å². The van der Waals surface area contributed by atoms with Crippen LogP contribution < -0.4 is 16.2 Å². The van der Waals surface area contributed by atoms with Gasteiger partial charge in [0.15, 0.2) is 0 Å². The molecule has 0 saturated heterocycles. The van der Waals surface area contributed by atoms with E-state index in [9.17, 15) is 4.79 Å². The van der Waals surface area contributed by atoms with Crippen molar-refractivity contribution in [1.82, 2.24) is 4.98 Å². The van der Waals surface area contributed by atoms with Crippen LogP contribution in [0.25, 0.3) is 0 Å². The van der Waals surface area contributed by atoms with Crippen LogP contribution >= 0.6 is 0 Å². The Bertz CT molecular complexity index is 797. The van der Waals surface area contributed by atoms with E-state index in [2.05, 4.69) is 44.8 Å². The SMILES string of the molecule is C/C=C1\C2C=C(C)CC(C2)C1(N)c1ccc(OC(=O)C[C@@H](CN)CC(C)C)nc1. The Hall–Kier alpha value is -1.98. The fraction of sp³-hybridized carbons (Fsp3) is 0.583. The topological polar surface area (TPSA) is 91.2 Å². The van der Waals surface area contributed by atoms with Gasteiger partial charge in [-0.05, 0) is 74.6 Å². The van der Waals surface area contributed by atoms with Crippen LogP contribution in [-0.2, 0) is 10.3 Å². The summed E-state index contributed by atoms with van der Waals surface area (Å²) < 4.78 is 5.46. The van der Waals surface area contributed by atoms with Gasteiger partial charge in [0.1, 0.15) is 0 Å². The number of hydrogen-bond donors (Lipinski definition) is 2. The minimum absolute atomic E-state index is 0.139. The molecule has 3 unspecified atom stereocenters. The molecule has 0 spiro atoms. The maximum Gasteiger partial charge on any atom is 0.312 e. The van der Waals surface area contributed by atoms with Gasteiger partial charge in [-0.1, -0.05) is 31.6 Å². The zero-order valence-corrected chi connectivity index (χ0v) is 18.2. The molecule has 1 fully saturated rings. The molecule has 1 heterocycles. The van der Waals surface area contributed by atoms with Gasteiger partial charge in [0.2, 0.25) is 5.88 Å². The fourth-order valence-electron chi connectivity index (χ4n) is 5.23. The summed E-state index contributed by atoms with van der Waals surface area (Å²) in [6.45, 7) is 9.00. The van der Waals surface area contributed by atoms with Crippen LogP contribution in [0, 0.1) is 23.7 Å². The summed E-state index contributed by atoms with van der Waals surface area (Å²) in [6.07, 6.45) is 9.62. The highest BCUT2D eigenvalue weighted by molar-refractivity contribution is 5.72. The van der Waals surface area contributed by atoms with Crippen LogP contribution in [-0.4, -0.2) is 17.5 Å². The number of pyridine rings is 1. The van der Waals surface area contributed by atoms with Crippen molar-refractivity contribution < 1.29 is 9.53 Å². The van der Waals surface area contributed by atoms with Crippen molar-refractivity contribution in [1.29, 1.82) is 0 Å². The van der Waals surface area contributed by atoms with Crippen molar-refractivity contribution >= 4 is 5.97 Å². The lowest BCUT2D eigenvalue weighted by Crippen LogP contribution is -2.42. The molecule has 2 bridgehead atoms. The Balaban J connectivity index is 1.71. The number of fused-ring (bicyclic) bond motifs is 2. The second kappa shape index (κ2) is 8.80. The lowest BCUT2D eigenvalue weighted by Gasteiger charge is -2.33. The second-order valence-corrected chi connectivity index (χ2v) is 9.16. The molecule has 4 atom stereocenters. The molecule has 2 aliphatic rings. The molecule has 1 saturated carbocycles. The van der Waals surface area contributed by atoms with Crippen LogP contribution in [0.3, 0.4) is 0 Å². The number of aromatic nitrogens is 1. The van der Waals surface area contributed by atoms with E-state index in [0.29, 0.717) is 36.6 Å². The highest BCUT2D eigenvalue weighted by atomic mass is 16.5. The highest BCUT2D eigenvalue weighted by Gasteiger charge is 2.50. The van der Waals surface area contributed by atoms with Crippen molar-refractivity contribution in [2.24, 2.45) is 35.1 Å². The molecule has 1 aromatic heterocycles. The summed E-state index contributed by atoms with van der Waals surface area (Å²) in [5.41, 5.74) is 16.0. The Morgan fingerprint density at radius 2 is 2.17 bits per heavy atom. The molecule has 4 N–H and O–H groups in total. The second-order valence-electron chi connectivity index (χ2n) is 9.16. The van der Waals surface area contributed by atoms with Crippen LogP contribution in [0.4, 0.5) is 0 Å². The van der Waals surface area contributed by atoms with E-state index in [-0.39, 0.29) is 11.9 Å². The number of nitrogens with zero attached hydrogens (tertiary/aromatic N) is 1. The monoisotopic (exact) mass is 397 g/mol. The van der Waals surface area contributed by atoms with Gasteiger partial charge in [0, 0.05) is 18.2 Å². The molecule has 0 radical (unpaired) electrons. The first kappa shape index (κ1) is 21.7. The van der Waals surface area contributed by atoms with Crippen molar-refractivity contribution in [3.05, 3.63) is 47.2 Å². The zero-order chi connectivity index (χ0) is 21.2. The number of nitrogens with two attached hydrogens (primary N) is 2. The summed E-state index contributed by atoms with van der Waals surface area (Å²) in [5, 5.41) is 0. The first-order chi connectivity index (χ1) is 13.8. The number of allylic oxidation sites excluding steroid dienone is 3. The zero-order valence-electron chi connectivity index (χ0n) is 18.2. The lowest BCUT2D eigenvalue weighted by atomic mass is 9.77. The minimum atomic E-state index is -0.509. The maximum absolute atomic E-state index is 12.3. The molecule has 0 aromatic carbocycles. The number of carbonyl (C=O) groups is 1. The van der Waals surface area contributed by atoms with Crippen LogP contribution in [0.1, 0.15) is 58.9 Å². The van der Waals surface area contributed by atoms with Crippen LogP contribution in [0.2, 0.25) is 0 Å². The molecule has 3 rings (SSSR count). The molecular weight excluding hydrogens is 362 g/mol. The molecule has 2 aliphatic carbocycles. The van der Waals surface area contributed by atoms with E-state index in [1.54, 1.807) is 12.3 Å². The standard InChI is InChI=1S/C24H35N3O2/c1-5-21-18-9-16(4)10-20(12-18)24(21,26)19-6-7-22(27-14-19)29-23(28)11-17(13-25)8-15(2)3/h5-7,9,14-15,17-18,20H,8,10-13,25-26H2,1-4H3/b21-5+/t17-,18?,20?,24?/m0/s1. The van der Waals surface area contributed by atoms with E-state index in [0.717, 1.165) is 24.8 Å². The summed E-state index contributed by atoms with van der Waals surface area (Å²) in [5.74, 6) is 1.46. The predicted molar refractivity (Wildman–Crippen MR) is 116 cm³/mol. The Kier molecular flexibility index (Phi) is 6.59. The maximum atomic E-state index is 12.3. The summed E-state index contributed by atoms with van der Waals surface area (Å²) >= 11 is 0. The smallest absolute Gasteiger partial charge is 0.312 e. The van der Waals surface area contributed by atoms with E-state index in [4.69, 9.17) is 16.2 Å². The molecule has 5 heteroatoms. The Morgan fingerprint density at radius 3 is 2.76 bits per heavy atom. The molecule has 29 heavy (non-hydrogen) atoms. The van der Waals surface area contributed by atoms with E-state index >= 15 is 0 Å². The van der Waals surface area contributed by atoms with Gasteiger partial charge < -0.3 is 16.2 Å². The van der Waals surface area contributed by atoms with Gasteiger partial charge in [0.05, 0.1) is 12.0 Å². The molecular formula is C24H35N3O2. The first-order valence-corrected chi connectivity index (χ1v) is 10.8. The summed E-state index contributed by atoms with van der Waals surface area (Å²) in [6, 6.07) is 3.72. The van der Waals surface area contributed by atoms with Gasteiger partial charge >= 0.3 is 5.97 Å². The molecule has 0 aliphatic heterocycles. The van der Waals surface area contributed by atoms with Crippen LogP contribution in [0.5, 0.6) is 5.88 Å². The minimum Gasteiger partial charge on any atom is -0.407 e. The van der Waals surface area contributed by atoms with E-state index in [1.165, 1.54) is 11.1 Å². The number of carbonyl (C=O) groups excluding carboxylic acids is 1. The van der Waals surface area contributed by atoms with Gasteiger partial charge in [-0.3, -0.25) is 4.79 Å². The number of rotatable bonds is 7. The Labute approximate surface area is 174 Å². The molecule has 158 valence electrons. The average molecular weight is 398 g/mol. The summed E-state index contributed by atoms with van der Waals surface area (Å²) in [4.78, 5) is 16.7. The van der Waals surface area contributed by atoms with Gasteiger partial charge in [-0.15, -0.1) is 0 Å². The summed E-state index contributed by atoms with van der Waals surface area (Å²) in [7, 11) is 0. The molecule has 5 nitrogen and oxygen atoms in total. The van der Waals surface area contributed by atoms with Crippen molar-refractivity contribution in [3.63, 3.8) is 0 Å². The molecule has 0 amide bonds. The third-order valence-electron chi connectivity index (χ3n) is 6.45. The van der Waals surface area contributed by atoms with Crippen molar-refractivity contribution in [2.75, 3.05) is 6.54 Å². The van der Waals surface area contributed by atoms with Gasteiger partial charge in [0.25, 0.3) is 0 Å². The first-order valence-electron chi connectivity index (χ1n) is 10.8. The third-order valence-corrected chi connectivity index (χ3v) is 6.45. The number of ether oxygens (including phenoxy) is 1. The fourth-order valence-corrected chi connectivity index (χ4v) is 5.23. The lowest BCUT2D eigenvalue weighted by molar-refractivity contribution is -0.135. The largest absolute Gasteiger partial charge is 0.407 e.